The van der Waals surface area contributed by atoms with Gasteiger partial charge in [0.2, 0.25) is 5.95 Å². The van der Waals surface area contributed by atoms with Gasteiger partial charge in [0.1, 0.15) is 5.52 Å². The van der Waals surface area contributed by atoms with E-state index in [4.69, 9.17) is 5.73 Å². The summed E-state index contributed by atoms with van der Waals surface area (Å²) >= 11 is 0. The van der Waals surface area contributed by atoms with Crippen molar-refractivity contribution in [2.24, 2.45) is 0 Å². The third-order valence-corrected chi connectivity index (χ3v) is 2.95. The number of aromatic amines is 1. The molecule has 7 nitrogen and oxygen atoms in total. The third kappa shape index (κ3) is 2.39. The van der Waals surface area contributed by atoms with E-state index in [2.05, 4.69) is 25.3 Å². The van der Waals surface area contributed by atoms with E-state index in [1.54, 1.807) is 0 Å². The van der Waals surface area contributed by atoms with Crippen LogP contribution in [-0.4, -0.2) is 31.6 Å². The lowest BCUT2D eigenvalue weighted by Crippen LogP contribution is -2.14. The topological polar surface area (TPSA) is 113 Å². The normalized spacial score (nSPS) is 12.4. The van der Waals surface area contributed by atoms with E-state index < -0.39 is 6.10 Å². The van der Waals surface area contributed by atoms with Gasteiger partial charge in [-0.15, -0.1) is 0 Å². The molecule has 2 heterocycles. The number of nitrogens with one attached hydrogen (secondary N) is 2. The quantitative estimate of drug-likeness (QED) is 0.564. The summed E-state index contributed by atoms with van der Waals surface area (Å²) in [7, 11) is 0. The van der Waals surface area contributed by atoms with Gasteiger partial charge < -0.3 is 21.1 Å². The van der Waals surface area contributed by atoms with Crippen LogP contribution in [0.1, 0.15) is 11.7 Å². The summed E-state index contributed by atoms with van der Waals surface area (Å²) < 4.78 is 0. The summed E-state index contributed by atoms with van der Waals surface area (Å²) in [5.74, 6) is 0.668. The number of rotatable bonds is 4. The number of anilines is 2. The van der Waals surface area contributed by atoms with Crippen molar-refractivity contribution in [1.82, 2.24) is 19.9 Å². The molecule has 0 saturated heterocycles. The molecule has 3 aromatic rings. The molecule has 3 rings (SSSR count). The first kappa shape index (κ1) is 12.4. The standard InChI is InChI=1S/C13H14N6O/c14-13-18-11(10-12(19-13)17-7-16-10)15-6-9(20)8-4-2-1-3-5-8/h1-5,7,9,20H,6H2,(H4,14,15,16,17,18,19). The summed E-state index contributed by atoms with van der Waals surface area (Å²) in [6.45, 7) is 0.314. The van der Waals surface area contributed by atoms with Crippen molar-refractivity contribution in [3.63, 3.8) is 0 Å². The fourth-order valence-corrected chi connectivity index (χ4v) is 1.96. The predicted molar refractivity (Wildman–Crippen MR) is 76.0 cm³/mol. The number of benzene rings is 1. The highest BCUT2D eigenvalue weighted by Crippen LogP contribution is 2.19. The first-order valence-corrected chi connectivity index (χ1v) is 6.17. The molecule has 1 unspecified atom stereocenters. The van der Waals surface area contributed by atoms with Crippen LogP contribution in [0.15, 0.2) is 36.7 Å². The molecule has 2 aromatic heterocycles. The lowest BCUT2D eigenvalue weighted by molar-refractivity contribution is 0.191. The van der Waals surface area contributed by atoms with Crippen molar-refractivity contribution in [3.05, 3.63) is 42.2 Å². The number of aliphatic hydroxyl groups excluding tert-OH is 1. The van der Waals surface area contributed by atoms with Crippen molar-refractivity contribution >= 4 is 22.9 Å². The van der Waals surface area contributed by atoms with Gasteiger partial charge >= 0.3 is 0 Å². The molecule has 0 bridgehead atoms. The van der Waals surface area contributed by atoms with Gasteiger partial charge in [-0.3, -0.25) is 0 Å². The molecular weight excluding hydrogens is 256 g/mol. The molecule has 1 aromatic carbocycles. The second-order valence-corrected chi connectivity index (χ2v) is 4.34. The molecule has 0 amide bonds. The van der Waals surface area contributed by atoms with Crippen LogP contribution in [0.5, 0.6) is 0 Å². The van der Waals surface area contributed by atoms with E-state index in [0.29, 0.717) is 23.5 Å². The predicted octanol–water partition coefficient (Wildman–Crippen LogP) is 1.08. The SMILES string of the molecule is Nc1nc(NCC(O)c2ccccc2)c2[nH]cnc2n1. The number of nitrogens with zero attached hydrogens (tertiary/aromatic N) is 3. The lowest BCUT2D eigenvalue weighted by atomic mass is 10.1. The molecule has 0 spiro atoms. The summed E-state index contributed by atoms with van der Waals surface area (Å²) in [6, 6.07) is 9.41. The summed E-state index contributed by atoms with van der Waals surface area (Å²) in [5, 5.41) is 13.2. The number of hydrogen-bond donors (Lipinski definition) is 4. The Balaban J connectivity index is 1.78. The Morgan fingerprint density at radius 1 is 1.25 bits per heavy atom. The monoisotopic (exact) mass is 270 g/mol. The minimum Gasteiger partial charge on any atom is -0.387 e. The van der Waals surface area contributed by atoms with Gasteiger partial charge in [0.05, 0.1) is 12.4 Å². The fourth-order valence-electron chi connectivity index (χ4n) is 1.96. The van der Waals surface area contributed by atoms with Gasteiger partial charge in [-0.1, -0.05) is 30.3 Å². The lowest BCUT2D eigenvalue weighted by Gasteiger charge is -2.13. The number of aromatic nitrogens is 4. The van der Waals surface area contributed by atoms with Crippen molar-refractivity contribution in [2.45, 2.75) is 6.10 Å². The Labute approximate surface area is 114 Å². The number of nitrogen functional groups attached to an aromatic ring is 1. The van der Waals surface area contributed by atoms with Crippen LogP contribution in [0.25, 0.3) is 11.2 Å². The van der Waals surface area contributed by atoms with Crippen LogP contribution in [0, 0.1) is 0 Å². The van der Waals surface area contributed by atoms with Crippen molar-refractivity contribution in [3.8, 4) is 0 Å². The molecule has 0 aliphatic rings. The van der Waals surface area contributed by atoms with Gasteiger partial charge in [0.25, 0.3) is 0 Å². The van der Waals surface area contributed by atoms with Gasteiger partial charge in [0.15, 0.2) is 11.5 Å². The molecule has 102 valence electrons. The average molecular weight is 270 g/mol. The zero-order valence-electron chi connectivity index (χ0n) is 10.6. The van der Waals surface area contributed by atoms with Crippen molar-refractivity contribution in [2.75, 3.05) is 17.6 Å². The van der Waals surface area contributed by atoms with E-state index in [1.807, 2.05) is 30.3 Å². The van der Waals surface area contributed by atoms with E-state index in [0.717, 1.165) is 5.56 Å². The first-order valence-electron chi connectivity index (χ1n) is 6.17. The summed E-state index contributed by atoms with van der Waals surface area (Å²) in [6.07, 6.45) is 0.891. The maximum absolute atomic E-state index is 10.1. The molecule has 1 atom stereocenters. The van der Waals surface area contributed by atoms with E-state index in [1.165, 1.54) is 6.33 Å². The molecule has 0 radical (unpaired) electrons. The van der Waals surface area contributed by atoms with Gasteiger partial charge in [0, 0.05) is 6.54 Å². The van der Waals surface area contributed by atoms with Crippen LogP contribution in [0.2, 0.25) is 0 Å². The molecule has 0 aliphatic carbocycles. The van der Waals surface area contributed by atoms with Crippen molar-refractivity contribution < 1.29 is 5.11 Å². The number of aliphatic hydroxyl groups is 1. The molecular formula is C13H14N6O. The second kappa shape index (κ2) is 5.14. The van der Waals surface area contributed by atoms with Crippen LogP contribution in [0.3, 0.4) is 0 Å². The minimum absolute atomic E-state index is 0.140. The number of H-pyrrole nitrogens is 1. The highest BCUT2D eigenvalue weighted by Gasteiger charge is 2.11. The summed E-state index contributed by atoms with van der Waals surface area (Å²) in [4.78, 5) is 15.1. The molecule has 5 N–H and O–H groups in total. The Morgan fingerprint density at radius 2 is 2.05 bits per heavy atom. The second-order valence-electron chi connectivity index (χ2n) is 4.34. The number of hydrogen-bond acceptors (Lipinski definition) is 6. The van der Waals surface area contributed by atoms with Crippen LogP contribution >= 0.6 is 0 Å². The van der Waals surface area contributed by atoms with Crippen molar-refractivity contribution in [1.29, 1.82) is 0 Å². The highest BCUT2D eigenvalue weighted by molar-refractivity contribution is 5.83. The van der Waals surface area contributed by atoms with Crippen LogP contribution in [-0.2, 0) is 0 Å². The van der Waals surface area contributed by atoms with E-state index in [-0.39, 0.29) is 5.95 Å². The molecule has 0 aliphatic heterocycles. The van der Waals surface area contributed by atoms with Gasteiger partial charge in [-0.25, -0.2) is 4.98 Å². The van der Waals surface area contributed by atoms with Gasteiger partial charge in [-0.2, -0.15) is 9.97 Å². The average Bonchev–Trinajstić information content (AvgIpc) is 2.93. The summed E-state index contributed by atoms with van der Waals surface area (Å²) in [5.41, 5.74) is 7.62. The largest absolute Gasteiger partial charge is 0.387 e. The highest BCUT2D eigenvalue weighted by atomic mass is 16.3. The number of nitrogens with two attached hydrogens (primary N) is 1. The van der Waals surface area contributed by atoms with E-state index >= 15 is 0 Å². The maximum Gasteiger partial charge on any atom is 0.224 e. The Bertz CT molecular complexity index is 711. The van der Waals surface area contributed by atoms with Gasteiger partial charge in [-0.05, 0) is 5.56 Å². The van der Waals surface area contributed by atoms with E-state index in [9.17, 15) is 5.11 Å². The first-order chi connectivity index (χ1) is 9.74. The number of fused-ring (bicyclic) bond motifs is 1. The number of imidazole rings is 1. The Hall–Kier alpha value is -2.67. The molecule has 7 heteroatoms. The smallest absolute Gasteiger partial charge is 0.224 e. The molecule has 20 heavy (non-hydrogen) atoms. The third-order valence-electron chi connectivity index (χ3n) is 2.95. The maximum atomic E-state index is 10.1. The zero-order valence-corrected chi connectivity index (χ0v) is 10.6. The zero-order chi connectivity index (χ0) is 13.9. The van der Waals surface area contributed by atoms with Crippen LogP contribution < -0.4 is 11.1 Å². The fraction of sp³-hybridized carbons (Fsp3) is 0.154. The Morgan fingerprint density at radius 3 is 2.85 bits per heavy atom. The van der Waals surface area contributed by atoms with Crippen LogP contribution in [0.4, 0.5) is 11.8 Å². The Kier molecular flexibility index (Phi) is 3.18. The molecule has 0 saturated carbocycles. The molecule has 0 fully saturated rings. The minimum atomic E-state index is -0.634.